The van der Waals surface area contributed by atoms with Crippen molar-refractivity contribution < 1.29 is 59.7 Å². The molecule has 23 heavy (non-hydrogen) atoms. The number of ether oxygens (including phenoxy) is 2. The molecule has 0 aliphatic carbocycles. The molecular formula is C11H13N2O5PRe2Rf2-2. The van der Waals surface area contributed by atoms with Crippen LogP contribution >= 0.6 is 8.81 Å². The predicted octanol–water partition coefficient (Wildman–Crippen LogP) is 3.05. The van der Waals surface area contributed by atoms with Gasteiger partial charge in [0.05, 0.1) is 0 Å². The molecule has 1 N–H and O–H groups in total. The van der Waals surface area contributed by atoms with Crippen molar-refractivity contribution in [3.63, 3.8) is 0 Å². The Balaban J connectivity index is -0.000000451. The smallest absolute Gasteiger partial charge is 0.182 e. The Morgan fingerprint density at radius 2 is 1.74 bits per heavy atom. The topological polar surface area (TPSA) is 98.0 Å². The minimum atomic E-state index is -0.626. The molecule has 0 fully saturated rings. The zero-order valence-electron chi connectivity index (χ0n) is 12.6. The molecule has 0 aromatic heterocycles. The molecule has 122 valence electrons. The Kier molecular flexibility index (Phi) is 17.9. The van der Waals surface area contributed by atoms with Crippen LogP contribution in [0.25, 0.3) is 5.73 Å². The normalized spacial score (nSPS) is 8.48. The number of benzene rings is 1. The summed E-state index contributed by atoms with van der Waals surface area (Å²) in [5, 5.41) is 2.17. The van der Waals surface area contributed by atoms with Gasteiger partial charge in [-0.05, 0) is 52.6 Å². The Bertz CT molecular complexity index is 486. The van der Waals surface area contributed by atoms with E-state index in [1.807, 2.05) is 0 Å². The van der Waals surface area contributed by atoms with Crippen molar-refractivity contribution in [2.75, 3.05) is 6.73 Å². The first-order valence-electron chi connectivity index (χ1n) is 5.26. The molecule has 0 heterocycles. The van der Waals surface area contributed by atoms with E-state index < -0.39 is 14.8 Å². The fourth-order valence-corrected chi connectivity index (χ4v) is 1.59. The number of nitrogens with zero attached hydrogens (tertiary/aromatic N) is 1. The Morgan fingerprint density at radius 3 is 2.26 bits per heavy atom. The first kappa shape index (κ1) is 28.6. The largest absolute Gasteiger partial charge is 0.644 e. The summed E-state index contributed by atoms with van der Waals surface area (Å²) in [6.45, 7) is 3.36. The van der Waals surface area contributed by atoms with Crippen LogP contribution < -0.4 is 9.47 Å². The summed E-state index contributed by atoms with van der Waals surface area (Å²) in [6, 6.07) is 3.34. The summed E-state index contributed by atoms with van der Waals surface area (Å²) < 4.78 is 14.3. The van der Waals surface area contributed by atoms with Gasteiger partial charge in [0, 0.05) is 40.8 Å². The van der Waals surface area contributed by atoms with Crippen LogP contribution in [0.1, 0.15) is 11.1 Å². The minimum Gasteiger partial charge on any atom is -0.644 e. The van der Waals surface area contributed by atoms with E-state index in [2.05, 4.69) is 9.96 Å². The van der Waals surface area contributed by atoms with Gasteiger partial charge < -0.3 is 19.8 Å². The van der Waals surface area contributed by atoms with Gasteiger partial charge in [0.2, 0.25) is 0 Å². The van der Waals surface area contributed by atoms with Crippen LogP contribution in [-0.4, -0.2) is 12.7 Å². The van der Waals surface area contributed by atoms with E-state index in [9.17, 15) is 9.70 Å². The number of hydrogen-bond donors (Lipinski definition) is 0. The molecule has 1 unspecified atom stereocenters. The summed E-state index contributed by atoms with van der Waals surface area (Å²) in [4.78, 5) is 21.1. The predicted molar refractivity (Wildman–Crippen MR) is 70.9 cm³/mol. The molecule has 0 spiro atoms. The SMILES string of the molecule is Cc1cc(OC(=O)[CH-]PON=O)c(C)cc1OC[NH-].[Re].[Re].[Rf].[Rf]. The molecular weight excluding hydrogens is 1180 g/mol. The number of carbonyl (C=O) groups excluding carboxylic acids is 1. The van der Waals surface area contributed by atoms with Crippen molar-refractivity contribution in [2.24, 2.45) is 5.34 Å². The van der Waals surface area contributed by atoms with Gasteiger partial charge in [-0.15, -0.1) is 4.91 Å². The summed E-state index contributed by atoms with van der Waals surface area (Å²) in [6.07, 6.45) is 1.09. The molecule has 0 bridgehead atoms. The molecule has 1 rings (SSSR count). The summed E-state index contributed by atoms with van der Waals surface area (Å²) in [5.41, 5.74) is 8.47. The zero-order valence-corrected chi connectivity index (χ0v) is 31.8. The Morgan fingerprint density at radius 1 is 1.22 bits per heavy atom. The maximum Gasteiger partial charge on any atom is 0.182 e. The van der Waals surface area contributed by atoms with Crippen molar-refractivity contribution in [1.82, 2.24) is 0 Å². The average Bonchev–Trinajstić information content (AvgIpc) is 2.36. The monoisotopic (exact) mass is 1190 g/mol. The van der Waals surface area contributed by atoms with E-state index >= 15 is 0 Å². The summed E-state index contributed by atoms with van der Waals surface area (Å²) in [5.74, 6) is 0.338. The van der Waals surface area contributed by atoms with E-state index in [-0.39, 0.29) is 47.6 Å². The van der Waals surface area contributed by atoms with Gasteiger partial charge in [-0.2, -0.15) is 0 Å². The third-order valence-corrected chi connectivity index (χ3v) is 2.71. The maximum absolute atomic E-state index is 11.4. The second-order valence-electron chi connectivity index (χ2n) is 3.52. The van der Waals surface area contributed by atoms with Gasteiger partial charge in [0.25, 0.3) is 0 Å². The molecule has 2 radical (unpaired) electrons. The van der Waals surface area contributed by atoms with Crippen molar-refractivity contribution in [3.8, 4) is 11.5 Å². The molecule has 1 atom stereocenters. The molecule has 0 saturated carbocycles. The van der Waals surface area contributed by atoms with E-state index in [1.54, 1.807) is 26.0 Å². The van der Waals surface area contributed by atoms with Crippen molar-refractivity contribution in [2.45, 2.75) is 13.8 Å². The first-order chi connectivity index (χ1) is 9.08. The van der Waals surface area contributed by atoms with Gasteiger partial charge in [-0.1, -0.05) is 0 Å². The van der Waals surface area contributed by atoms with Crippen LogP contribution in [-0.2, 0) is 50.3 Å². The van der Waals surface area contributed by atoms with E-state index in [1.165, 1.54) is 0 Å². The minimum absolute atomic E-state index is 0. The number of hydrogen-bond acceptors (Lipinski definition) is 6. The second kappa shape index (κ2) is 14.4. The quantitative estimate of drug-likeness (QED) is 0.0797. The third kappa shape index (κ3) is 9.16. The van der Waals surface area contributed by atoms with Gasteiger partial charge >= 0.3 is 0 Å². The number of carbonyl (C=O) groups is 1. The van der Waals surface area contributed by atoms with Crippen molar-refractivity contribution in [3.05, 3.63) is 40.1 Å². The number of aryl methyl sites for hydroxylation is 2. The number of rotatable bonds is 7. The van der Waals surface area contributed by atoms with Crippen LogP contribution in [0.4, 0.5) is 0 Å². The van der Waals surface area contributed by atoms with E-state index in [0.29, 0.717) is 17.1 Å². The fraction of sp³-hybridized carbons (Fsp3) is 0.273. The Labute approximate surface area is 151 Å². The molecule has 7 nitrogen and oxygen atoms in total. The molecule has 0 aliphatic rings. The van der Waals surface area contributed by atoms with Crippen LogP contribution in [0.15, 0.2) is 17.5 Å². The zero-order chi connectivity index (χ0) is 14.3. The number of esters is 1. The molecule has 0 amide bonds. The maximum atomic E-state index is 11.4. The van der Waals surface area contributed by atoms with Crippen LogP contribution in [0, 0.1) is 24.9 Å². The summed E-state index contributed by atoms with van der Waals surface area (Å²) in [7, 11) is -0.472. The molecule has 1 aromatic carbocycles. The number of nitrogens with one attached hydrogen (secondary N) is 1. The van der Waals surface area contributed by atoms with Crippen molar-refractivity contribution >= 4 is 14.8 Å². The molecule has 12 heteroatoms. The van der Waals surface area contributed by atoms with Gasteiger partial charge in [-0.25, -0.2) is 6.16 Å². The van der Waals surface area contributed by atoms with Gasteiger partial charge in [0.15, 0.2) is 11.3 Å². The summed E-state index contributed by atoms with van der Waals surface area (Å²) >= 11 is 0. The molecule has 1 aromatic rings. The second-order valence-corrected chi connectivity index (χ2v) is 4.23. The van der Waals surface area contributed by atoms with Crippen LogP contribution in [0.2, 0.25) is 0 Å². The third-order valence-electron chi connectivity index (χ3n) is 2.18. The van der Waals surface area contributed by atoms with Crippen LogP contribution in [0.5, 0.6) is 11.5 Å². The standard InChI is InChI=1S/C11H13N2O5P.2Re.2Rf/c1-7-4-10(8(2)3-9(7)16-6-12)17-11(14)5-19-18-13-15;;;;/h3-5,12,19H,6H2,1-2H3;;;;/q-2;;;;. The van der Waals surface area contributed by atoms with E-state index in [4.69, 9.17) is 15.2 Å². The van der Waals surface area contributed by atoms with E-state index in [0.717, 1.165) is 11.7 Å². The van der Waals surface area contributed by atoms with Crippen LogP contribution in [0.3, 0.4) is 0 Å². The van der Waals surface area contributed by atoms with Gasteiger partial charge in [-0.3, -0.25) is 4.79 Å². The molecule has 0 aliphatic heterocycles. The van der Waals surface area contributed by atoms with Crippen molar-refractivity contribution in [1.29, 1.82) is 0 Å². The Hall–Kier alpha value is -2.53. The van der Waals surface area contributed by atoms with Gasteiger partial charge in [0.1, 0.15) is 11.5 Å². The first-order valence-corrected chi connectivity index (χ1v) is 6.25. The molecule has 0 saturated heterocycles. The fourth-order valence-electron chi connectivity index (χ4n) is 1.34. The average molecular weight is 1190 g/mol.